The van der Waals surface area contributed by atoms with Crippen molar-refractivity contribution in [1.29, 1.82) is 0 Å². The second-order valence-electron chi connectivity index (χ2n) is 13.3. The number of halogens is 2. The molecule has 0 spiro atoms. The standard InChI is InChI=1S/C34H37F2N9O3/c1-17(38-32(46)25-10-11-43(41-25)34(35)36)24-8-6-20-12-27(42(31(20)39-24)16-19-4-5-19)30-18(2)44-28(40-30)13-21(14-29(44)48-3)33(47)45-22-7-9-26(45)23(37)15-22/h6,8,10-14,17,19,22-23,26,34H,4-5,7,9,15-16,37H2,1-3H3,(H,38,46)/t17-,22+,23-,26-/m1/s1. The van der Waals surface area contributed by atoms with Gasteiger partial charge in [0.05, 0.1) is 30.2 Å². The van der Waals surface area contributed by atoms with Gasteiger partial charge in [-0.05, 0) is 82.2 Å². The van der Waals surface area contributed by atoms with Gasteiger partial charge in [-0.1, -0.05) is 0 Å². The minimum Gasteiger partial charge on any atom is -0.482 e. The number of carbonyl (C=O) groups is 2. The molecule has 4 atom stereocenters. The number of nitrogens with zero attached hydrogens (tertiary/aromatic N) is 7. The van der Waals surface area contributed by atoms with Crippen molar-refractivity contribution in [3.63, 3.8) is 0 Å². The molecular weight excluding hydrogens is 620 g/mol. The third kappa shape index (κ3) is 5.00. The molecule has 250 valence electrons. The van der Waals surface area contributed by atoms with Gasteiger partial charge in [0.1, 0.15) is 22.7 Å². The summed E-state index contributed by atoms with van der Waals surface area (Å²) in [7, 11) is 1.59. The normalized spacial score (nSPS) is 21.1. The molecule has 1 saturated carbocycles. The first-order valence-corrected chi connectivity index (χ1v) is 16.4. The number of pyridine rings is 2. The van der Waals surface area contributed by atoms with E-state index in [1.54, 1.807) is 20.1 Å². The fraction of sp³-hybridized carbons (Fsp3) is 0.441. The summed E-state index contributed by atoms with van der Waals surface area (Å²) in [5.41, 5.74) is 11.3. The van der Waals surface area contributed by atoms with Crippen molar-refractivity contribution in [3.8, 4) is 17.3 Å². The van der Waals surface area contributed by atoms with Gasteiger partial charge in [0, 0.05) is 47.9 Å². The topological polar surface area (TPSA) is 138 Å². The number of fused-ring (bicyclic) bond motifs is 4. The molecule has 0 unspecified atom stereocenters. The van der Waals surface area contributed by atoms with Crippen LogP contribution in [0, 0.1) is 12.8 Å². The van der Waals surface area contributed by atoms with Gasteiger partial charge in [0.2, 0.25) is 0 Å². The molecule has 2 amide bonds. The first-order chi connectivity index (χ1) is 23.1. The number of nitrogens with one attached hydrogen (secondary N) is 1. The molecule has 2 bridgehead atoms. The zero-order valence-corrected chi connectivity index (χ0v) is 26.9. The van der Waals surface area contributed by atoms with E-state index in [4.69, 9.17) is 20.4 Å². The average molecular weight is 658 g/mol. The minimum atomic E-state index is -2.83. The summed E-state index contributed by atoms with van der Waals surface area (Å²) in [6.45, 7) is 1.72. The fourth-order valence-electron chi connectivity index (χ4n) is 7.53. The van der Waals surface area contributed by atoms with Gasteiger partial charge < -0.3 is 25.3 Å². The third-order valence-electron chi connectivity index (χ3n) is 10.2. The van der Waals surface area contributed by atoms with Crippen molar-refractivity contribution in [2.75, 3.05) is 7.11 Å². The van der Waals surface area contributed by atoms with Gasteiger partial charge in [0.25, 0.3) is 11.8 Å². The van der Waals surface area contributed by atoms with E-state index in [9.17, 15) is 18.4 Å². The Morgan fingerprint density at radius 2 is 1.92 bits per heavy atom. The lowest BCUT2D eigenvalue weighted by Gasteiger charge is -2.23. The molecule has 5 aromatic heterocycles. The Morgan fingerprint density at radius 1 is 1.10 bits per heavy atom. The second-order valence-corrected chi connectivity index (χ2v) is 13.3. The van der Waals surface area contributed by atoms with Crippen LogP contribution in [0.15, 0.2) is 42.6 Å². The molecule has 3 fully saturated rings. The molecule has 7 heterocycles. The molecule has 12 nitrogen and oxygen atoms in total. The molecule has 0 aromatic carbocycles. The largest absolute Gasteiger partial charge is 0.482 e. The highest BCUT2D eigenvalue weighted by atomic mass is 19.3. The van der Waals surface area contributed by atoms with Gasteiger partial charge in [-0.15, -0.1) is 0 Å². The number of hydrogen-bond acceptors (Lipinski definition) is 7. The summed E-state index contributed by atoms with van der Waals surface area (Å²) in [5, 5.41) is 7.42. The highest BCUT2D eigenvalue weighted by Crippen LogP contribution is 2.40. The summed E-state index contributed by atoms with van der Waals surface area (Å²) in [5.74, 6) is 0.438. The highest BCUT2D eigenvalue weighted by molar-refractivity contribution is 5.97. The summed E-state index contributed by atoms with van der Waals surface area (Å²) < 4.78 is 36.3. The van der Waals surface area contributed by atoms with E-state index in [1.807, 2.05) is 34.4 Å². The lowest BCUT2D eigenvalue weighted by molar-refractivity contribution is 0.0559. The second kappa shape index (κ2) is 11.4. The Bertz CT molecular complexity index is 2080. The van der Waals surface area contributed by atoms with Crippen molar-refractivity contribution in [2.24, 2.45) is 11.7 Å². The molecule has 1 aliphatic carbocycles. The predicted octanol–water partition coefficient (Wildman–Crippen LogP) is 4.86. The number of amides is 2. The van der Waals surface area contributed by atoms with Gasteiger partial charge >= 0.3 is 6.55 Å². The van der Waals surface area contributed by atoms with Gasteiger partial charge in [-0.2, -0.15) is 13.9 Å². The van der Waals surface area contributed by atoms with Crippen LogP contribution >= 0.6 is 0 Å². The van der Waals surface area contributed by atoms with E-state index in [-0.39, 0.29) is 29.7 Å². The first-order valence-electron chi connectivity index (χ1n) is 16.4. The van der Waals surface area contributed by atoms with Crippen LogP contribution in [0.2, 0.25) is 0 Å². The van der Waals surface area contributed by atoms with Crippen LogP contribution in [0.25, 0.3) is 28.1 Å². The smallest absolute Gasteiger partial charge is 0.333 e. The summed E-state index contributed by atoms with van der Waals surface area (Å²) in [6, 6.07) is 10.5. The molecule has 3 N–H and O–H groups in total. The maximum absolute atomic E-state index is 13.8. The first kappa shape index (κ1) is 30.5. The molecule has 14 heteroatoms. The maximum atomic E-state index is 13.8. The molecule has 0 radical (unpaired) electrons. The van der Waals surface area contributed by atoms with Crippen LogP contribution in [0.3, 0.4) is 0 Å². The fourth-order valence-corrected chi connectivity index (χ4v) is 7.53. The third-order valence-corrected chi connectivity index (χ3v) is 10.2. The minimum absolute atomic E-state index is 0.0121. The molecule has 3 aliphatic rings. The number of carbonyl (C=O) groups excluding carboxylic acids is 2. The Morgan fingerprint density at radius 3 is 2.58 bits per heavy atom. The van der Waals surface area contributed by atoms with Crippen LogP contribution < -0.4 is 15.8 Å². The quantitative estimate of drug-likeness (QED) is 0.231. The highest BCUT2D eigenvalue weighted by Gasteiger charge is 2.47. The van der Waals surface area contributed by atoms with E-state index in [2.05, 4.69) is 21.0 Å². The van der Waals surface area contributed by atoms with E-state index in [0.717, 1.165) is 73.0 Å². The number of imidazole rings is 1. The number of rotatable bonds is 9. The zero-order valence-electron chi connectivity index (χ0n) is 26.9. The number of nitrogens with two attached hydrogens (primary N) is 1. The SMILES string of the molecule is COc1cc(C(=O)N2[C@H]3CC[C@@H]2[C@H](N)C3)cc2nc(-c3cc4ccc([C@@H](C)NC(=O)c5ccn(C(F)F)n5)nc4n3CC3CC3)c(C)n12. The van der Waals surface area contributed by atoms with Crippen LogP contribution in [0.5, 0.6) is 5.88 Å². The predicted molar refractivity (Wildman–Crippen MR) is 173 cm³/mol. The van der Waals surface area contributed by atoms with E-state index in [1.165, 1.54) is 6.07 Å². The molecule has 2 saturated heterocycles. The monoisotopic (exact) mass is 657 g/mol. The molecule has 5 aromatic rings. The van der Waals surface area contributed by atoms with Crippen molar-refractivity contribution < 1.29 is 23.1 Å². The van der Waals surface area contributed by atoms with E-state index < -0.39 is 18.5 Å². The van der Waals surface area contributed by atoms with Crippen LogP contribution in [-0.4, -0.2) is 70.7 Å². The van der Waals surface area contributed by atoms with Gasteiger partial charge in [-0.25, -0.2) is 14.6 Å². The summed E-state index contributed by atoms with van der Waals surface area (Å²) in [4.78, 5) is 38.6. The Hall–Kier alpha value is -4.85. The lowest BCUT2D eigenvalue weighted by atomic mass is 9.97. The Kier molecular flexibility index (Phi) is 7.23. The summed E-state index contributed by atoms with van der Waals surface area (Å²) in [6.07, 6.45) is 6.08. The van der Waals surface area contributed by atoms with Crippen molar-refractivity contribution >= 4 is 28.5 Å². The van der Waals surface area contributed by atoms with Crippen molar-refractivity contribution in [3.05, 3.63) is 65.2 Å². The number of aromatic nitrogens is 6. The molecule has 8 rings (SSSR count). The van der Waals surface area contributed by atoms with Crippen LogP contribution in [-0.2, 0) is 6.54 Å². The Balaban J connectivity index is 1.15. The average Bonchev–Trinajstić information content (AvgIpc) is 3.45. The lowest BCUT2D eigenvalue weighted by Crippen LogP contribution is -2.40. The number of ether oxygens (including phenoxy) is 1. The molecule has 2 aliphatic heterocycles. The van der Waals surface area contributed by atoms with Crippen LogP contribution in [0.1, 0.15) is 83.9 Å². The van der Waals surface area contributed by atoms with Crippen molar-refractivity contribution in [1.82, 2.24) is 38.9 Å². The van der Waals surface area contributed by atoms with Crippen molar-refractivity contribution in [2.45, 2.75) is 83.2 Å². The van der Waals surface area contributed by atoms with Gasteiger partial charge in [0.15, 0.2) is 5.88 Å². The maximum Gasteiger partial charge on any atom is 0.333 e. The number of aryl methyl sites for hydroxylation is 1. The van der Waals surface area contributed by atoms with Crippen LogP contribution in [0.4, 0.5) is 8.78 Å². The van der Waals surface area contributed by atoms with E-state index >= 15 is 0 Å². The molecular formula is C34H37F2N9O3. The Labute approximate surface area is 274 Å². The summed E-state index contributed by atoms with van der Waals surface area (Å²) >= 11 is 0. The van der Waals surface area contributed by atoms with E-state index in [0.29, 0.717) is 33.4 Å². The number of hydrogen-bond donors (Lipinski definition) is 2. The number of alkyl halides is 2. The van der Waals surface area contributed by atoms with Gasteiger partial charge in [-0.3, -0.25) is 14.0 Å². The number of methoxy groups -OCH3 is 1. The molecule has 48 heavy (non-hydrogen) atoms. The zero-order chi connectivity index (χ0) is 33.4.